The van der Waals surface area contributed by atoms with Gasteiger partial charge in [0.2, 0.25) is 0 Å². The first-order valence-corrected chi connectivity index (χ1v) is 14.3. The number of fused-ring (bicyclic) bond motifs is 3. The molecule has 0 saturated heterocycles. The van der Waals surface area contributed by atoms with Gasteiger partial charge in [0, 0.05) is 31.3 Å². The number of imidazole rings is 1. The van der Waals surface area contributed by atoms with Crippen molar-refractivity contribution in [3.05, 3.63) is 152 Å². The second kappa shape index (κ2) is 10.4. The van der Waals surface area contributed by atoms with E-state index in [-0.39, 0.29) is 5.82 Å². The van der Waals surface area contributed by atoms with Crippen LogP contribution in [0.3, 0.4) is 0 Å². The summed E-state index contributed by atoms with van der Waals surface area (Å²) < 4.78 is 42.6. The molecule has 8 rings (SSSR count). The maximum absolute atomic E-state index is 8.57. The molecule has 0 saturated carbocycles. The number of para-hydroxylation sites is 2. The summed E-state index contributed by atoms with van der Waals surface area (Å²) in [4.78, 5) is 8.66. The van der Waals surface area contributed by atoms with Crippen LogP contribution in [0.25, 0.3) is 71.6 Å². The molecule has 8 aromatic rings. The summed E-state index contributed by atoms with van der Waals surface area (Å²) >= 11 is 0. The van der Waals surface area contributed by atoms with Gasteiger partial charge in [0.25, 0.3) is 0 Å². The minimum atomic E-state index is -2.90. The van der Waals surface area contributed by atoms with Gasteiger partial charge in [-0.3, -0.25) is 9.55 Å². The van der Waals surface area contributed by atoms with E-state index in [1.807, 2.05) is 67.0 Å². The van der Waals surface area contributed by atoms with Crippen molar-refractivity contribution in [2.24, 2.45) is 0 Å². The van der Waals surface area contributed by atoms with E-state index >= 15 is 0 Å². The highest BCUT2D eigenvalue weighted by Crippen LogP contribution is 2.44. The molecule has 0 amide bonds. The Morgan fingerprint density at radius 1 is 0.581 bits per heavy atom. The van der Waals surface area contributed by atoms with Gasteiger partial charge >= 0.3 is 0 Å². The Morgan fingerprint density at radius 3 is 1.86 bits per heavy atom. The van der Waals surface area contributed by atoms with Gasteiger partial charge in [0.15, 0.2) is 0 Å². The Morgan fingerprint density at radius 2 is 1.19 bits per heavy atom. The molecule has 0 bridgehead atoms. The largest absolute Gasteiger partial charge is 0.296 e. The SMILES string of the molecule is [2H]C([2H])([2H])C([2H])([2H])c1nc2ccccc2n1-c1ccc(-c2c3ccccc3c(-c3cccc(-c4ccncc4)c3)c3ccccc23)cc1. The fourth-order valence-corrected chi connectivity index (χ4v) is 6.30. The van der Waals surface area contributed by atoms with Crippen molar-refractivity contribution >= 4 is 32.6 Å². The van der Waals surface area contributed by atoms with Gasteiger partial charge in [0.1, 0.15) is 5.82 Å². The van der Waals surface area contributed by atoms with Gasteiger partial charge in [-0.25, -0.2) is 4.98 Å². The zero-order valence-corrected chi connectivity index (χ0v) is 23.2. The fraction of sp³-hybridized carbons (Fsp3) is 0.0500. The smallest absolute Gasteiger partial charge is 0.114 e. The standard InChI is InChI=1S/C40H29N3/c1-2-38-42-36-16-7-8-17-37(36)43(38)31-20-18-28(19-21-31)39-32-12-3-5-14-34(32)40(35-15-6-4-13-33(35)39)30-11-9-10-29(26-30)27-22-24-41-25-23-27/h3-26H,2H2,1H3/i1D3,2D2. The summed E-state index contributed by atoms with van der Waals surface area (Å²) in [6.45, 7) is -2.90. The summed E-state index contributed by atoms with van der Waals surface area (Å²) in [5.74, 6) is -0.148. The molecule has 0 N–H and O–H groups in total. The van der Waals surface area contributed by atoms with Crippen LogP contribution in [-0.2, 0) is 6.37 Å². The molecule has 204 valence electrons. The van der Waals surface area contributed by atoms with Crippen molar-refractivity contribution in [3.63, 3.8) is 0 Å². The zero-order valence-electron chi connectivity index (χ0n) is 28.2. The predicted molar refractivity (Wildman–Crippen MR) is 180 cm³/mol. The van der Waals surface area contributed by atoms with E-state index in [2.05, 4.69) is 82.8 Å². The van der Waals surface area contributed by atoms with E-state index in [0.29, 0.717) is 16.7 Å². The monoisotopic (exact) mass is 556 g/mol. The minimum absolute atomic E-state index is 0.148. The van der Waals surface area contributed by atoms with E-state index in [1.165, 1.54) is 5.56 Å². The molecule has 0 fully saturated rings. The van der Waals surface area contributed by atoms with Crippen molar-refractivity contribution in [1.82, 2.24) is 14.5 Å². The van der Waals surface area contributed by atoms with Gasteiger partial charge in [-0.05, 0) is 97.4 Å². The van der Waals surface area contributed by atoms with Crippen LogP contribution in [0.1, 0.15) is 19.5 Å². The first kappa shape index (κ1) is 20.4. The van der Waals surface area contributed by atoms with Gasteiger partial charge in [-0.1, -0.05) is 97.8 Å². The third kappa shape index (κ3) is 4.21. The summed E-state index contributed by atoms with van der Waals surface area (Å²) in [6, 6.07) is 44.8. The lowest BCUT2D eigenvalue weighted by molar-refractivity contribution is 0.908. The van der Waals surface area contributed by atoms with Crippen molar-refractivity contribution < 1.29 is 6.85 Å². The number of aryl methyl sites for hydroxylation is 1. The number of pyridine rings is 1. The molecule has 3 heteroatoms. The van der Waals surface area contributed by atoms with Crippen LogP contribution in [0.4, 0.5) is 0 Å². The van der Waals surface area contributed by atoms with Crippen molar-refractivity contribution in [3.8, 4) is 39.1 Å². The Labute approximate surface area is 257 Å². The van der Waals surface area contributed by atoms with E-state index in [4.69, 9.17) is 6.85 Å². The summed E-state index contributed by atoms with van der Waals surface area (Å²) in [6.07, 6.45) is 0.959. The third-order valence-corrected chi connectivity index (χ3v) is 8.18. The lowest BCUT2D eigenvalue weighted by Gasteiger charge is -2.18. The lowest BCUT2D eigenvalue weighted by Crippen LogP contribution is -2.00. The maximum Gasteiger partial charge on any atom is 0.114 e. The third-order valence-electron chi connectivity index (χ3n) is 8.18. The molecule has 2 aromatic heterocycles. The van der Waals surface area contributed by atoms with Gasteiger partial charge in [0.05, 0.1) is 11.0 Å². The molecule has 0 aliphatic carbocycles. The van der Waals surface area contributed by atoms with Gasteiger partial charge in [-0.2, -0.15) is 0 Å². The average Bonchev–Trinajstić information content (AvgIpc) is 3.51. The Hall–Kier alpha value is -5.54. The quantitative estimate of drug-likeness (QED) is 0.197. The number of aromatic nitrogens is 3. The fourth-order valence-electron chi connectivity index (χ4n) is 6.30. The van der Waals surface area contributed by atoms with Gasteiger partial charge < -0.3 is 0 Å². The van der Waals surface area contributed by atoms with Crippen LogP contribution in [0.15, 0.2) is 146 Å². The molecular formula is C40H29N3. The molecule has 0 unspecified atom stereocenters. The Balaban J connectivity index is 1.32. The van der Waals surface area contributed by atoms with Crippen LogP contribution >= 0.6 is 0 Å². The van der Waals surface area contributed by atoms with Crippen LogP contribution in [0.2, 0.25) is 0 Å². The highest BCUT2D eigenvalue weighted by molar-refractivity contribution is 6.21. The molecule has 2 heterocycles. The van der Waals surface area contributed by atoms with Gasteiger partial charge in [-0.15, -0.1) is 0 Å². The average molecular weight is 557 g/mol. The molecule has 43 heavy (non-hydrogen) atoms. The summed E-state index contributed by atoms with van der Waals surface area (Å²) in [7, 11) is 0. The van der Waals surface area contributed by atoms with Crippen LogP contribution in [0, 0.1) is 0 Å². The highest BCUT2D eigenvalue weighted by Gasteiger charge is 2.17. The Kier molecular flexibility index (Phi) is 4.91. The predicted octanol–water partition coefficient (Wildman–Crippen LogP) is 10.3. The lowest BCUT2D eigenvalue weighted by atomic mass is 9.85. The van der Waals surface area contributed by atoms with E-state index < -0.39 is 13.2 Å². The number of hydrogen-bond donors (Lipinski definition) is 0. The second-order valence-electron chi connectivity index (χ2n) is 10.6. The highest BCUT2D eigenvalue weighted by atomic mass is 15.1. The van der Waals surface area contributed by atoms with Crippen molar-refractivity contribution in [1.29, 1.82) is 0 Å². The molecule has 0 aliphatic heterocycles. The number of hydrogen-bond acceptors (Lipinski definition) is 2. The topological polar surface area (TPSA) is 30.7 Å². The van der Waals surface area contributed by atoms with E-state index in [9.17, 15) is 0 Å². The molecule has 6 aromatic carbocycles. The minimum Gasteiger partial charge on any atom is -0.296 e. The molecule has 0 atom stereocenters. The molecule has 0 aliphatic rings. The summed E-state index contributed by atoms with van der Waals surface area (Å²) in [5, 5.41) is 4.49. The number of benzene rings is 6. The first-order valence-electron chi connectivity index (χ1n) is 16.8. The van der Waals surface area contributed by atoms with Crippen molar-refractivity contribution in [2.45, 2.75) is 13.2 Å². The van der Waals surface area contributed by atoms with Crippen LogP contribution in [0.5, 0.6) is 0 Å². The second-order valence-corrected chi connectivity index (χ2v) is 10.6. The first-order chi connectivity index (χ1) is 23.2. The number of rotatable bonds is 5. The van der Waals surface area contributed by atoms with Crippen LogP contribution < -0.4 is 0 Å². The molecule has 0 radical (unpaired) electrons. The molecule has 0 spiro atoms. The molecular weight excluding hydrogens is 522 g/mol. The maximum atomic E-state index is 8.57. The zero-order chi connectivity index (χ0) is 33.0. The normalized spacial score (nSPS) is 13.8. The van der Waals surface area contributed by atoms with E-state index in [1.54, 1.807) is 10.6 Å². The summed E-state index contributed by atoms with van der Waals surface area (Å²) in [5.41, 5.74) is 8.42. The van der Waals surface area contributed by atoms with Crippen LogP contribution in [-0.4, -0.2) is 14.5 Å². The van der Waals surface area contributed by atoms with E-state index in [0.717, 1.165) is 49.4 Å². The number of nitrogens with zero attached hydrogens (tertiary/aromatic N) is 3. The molecule has 3 nitrogen and oxygen atoms in total. The van der Waals surface area contributed by atoms with Crippen molar-refractivity contribution in [2.75, 3.05) is 0 Å². The Bertz CT molecular complexity index is 2410.